The molecule has 0 bridgehead atoms. The van der Waals surface area contributed by atoms with Crippen LogP contribution in [0.4, 0.5) is 5.13 Å². The second-order valence-electron chi connectivity index (χ2n) is 5.70. The molecule has 0 saturated carbocycles. The lowest BCUT2D eigenvalue weighted by Crippen LogP contribution is -2.25. The van der Waals surface area contributed by atoms with E-state index in [0.29, 0.717) is 45.0 Å². The van der Waals surface area contributed by atoms with Gasteiger partial charge in [-0.15, -0.1) is 10.2 Å². The number of ether oxygens (including phenoxy) is 1. The molecule has 3 rings (SSSR count). The van der Waals surface area contributed by atoms with Crippen LogP contribution in [0, 0.1) is 0 Å². The predicted molar refractivity (Wildman–Crippen MR) is 108 cm³/mol. The first kappa shape index (κ1) is 19.8. The minimum Gasteiger partial charge on any atom is -0.497 e. The number of nitrogens with zero attached hydrogens (tertiary/aromatic N) is 2. The molecule has 1 heterocycles. The molecule has 0 radical (unpaired) electrons. The Bertz CT molecular complexity index is 993. The van der Waals surface area contributed by atoms with E-state index in [1.165, 1.54) is 11.3 Å². The molecular weight excluding hydrogens is 400 g/mol. The van der Waals surface area contributed by atoms with Crippen molar-refractivity contribution in [1.29, 1.82) is 0 Å². The number of hydrogen-bond acceptors (Lipinski definition) is 6. The molecule has 0 unspecified atom stereocenters. The number of benzene rings is 2. The van der Waals surface area contributed by atoms with Crippen molar-refractivity contribution >= 4 is 39.9 Å². The quantitative estimate of drug-likeness (QED) is 0.615. The standard InChI is InChI=1S/C19H17ClN4O3S/c1-27-15-7-3-5-13(11-15)17(25)21-9-8-16-23-24-19(28-16)22-18(26)12-4-2-6-14(20)10-12/h2-7,10-11H,8-9H2,1H3,(H,21,25)(H,22,24,26). The van der Waals surface area contributed by atoms with Gasteiger partial charge in [-0.2, -0.15) is 0 Å². The van der Waals surface area contributed by atoms with E-state index in [-0.39, 0.29) is 11.8 Å². The fourth-order valence-corrected chi connectivity index (χ4v) is 3.28. The number of rotatable bonds is 7. The van der Waals surface area contributed by atoms with Gasteiger partial charge >= 0.3 is 0 Å². The van der Waals surface area contributed by atoms with Gasteiger partial charge in [-0.1, -0.05) is 35.1 Å². The average Bonchev–Trinajstić information content (AvgIpc) is 3.15. The second kappa shape index (κ2) is 9.29. The third-order valence-corrected chi connectivity index (χ3v) is 4.86. The number of carbonyl (C=O) groups is 2. The van der Waals surface area contributed by atoms with Crippen LogP contribution < -0.4 is 15.4 Å². The highest BCUT2D eigenvalue weighted by Crippen LogP contribution is 2.18. The van der Waals surface area contributed by atoms with Crippen molar-refractivity contribution in [2.75, 3.05) is 19.0 Å². The van der Waals surface area contributed by atoms with Crippen LogP contribution >= 0.6 is 22.9 Å². The van der Waals surface area contributed by atoms with Gasteiger partial charge in [0.25, 0.3) is 11.8 Å². The molecule has 9 heteroatoms. The summed E-state index contributed by atoms with van der Waals surface area (Å²) in [4.78, 5) is 24.4. The Hall–Kier alpha value is -2.97. The molecule has 0 spiro atoms. The Morgan fingerprint density at radius 3 is 2.57 bits per heavy atom. The first-order valence-corrected chi connectivity index (χ1v) is 9.56. The van der Waals surface area contributed by atoms with Crippen LogP contribution in [0.2, 0.25) is 5.02 Å². The van der Waals surface area contributed by atoms with Crippen molar-refractivity contribution in [2.24, 2.45) is 0 Å². The number of halogens is 1. The van der Waals surface area contributed by atoms with Crippen molar-refractivity contribution < 1.29 is 14.3 Å². The third-order valence-electron chi connectivity index (χ3n) is 3.73. The van der Waals surface area contributed by atoms with E-state index >= 15 is 0 Å². The van der Waals surface area contributed by atoms with Crippen LogP contribution in [0.3, 0.4) is 0 Å². The van der Waals surface area contributed by atoms with Gasteiger partial charge < -0.3 is 10.1 Å². The zero-order chi connectivity index (χ0) is 19.9. The molecule has 0 atom stereocenters. The van der Waals surface area contributed by atoms with Gasteiger partial charge in [0.1, 0.15) is 10.8 Å². The first-order valence-electron chi connectivity index (χ1n) is 8.36. The lowest BCUT2D eigenvalue weighted by atomic mass is 10.2. The van der Waals surface area contributed by atoms with Gasteiger partial charge in [0.05, 0.1) is 7.11 Å². The highest BCUT2D eigenvalue weighted by atomic mass is 35.5. The van der Waals surface area contributed by atoms with Gasteiger partial charge in [0, 0.05) is 29.1 Å². The summed E-state index contributed by atoms with van der Waals surface area (Å²) in [5, 5.41) is 15.1. The monoisotopic (exact) mass is 416 g/mol. The van der Waals surface area contributed by atoms with Gasteiger partial charge in [0.15, 0.2) is 0 Å². The molecule has 28 heavy (non-hydrogen) atoms. The van der Waals surface area contributed by atoms with E-state index in [1.54, 1.807) is 55.6 Å². The Morgan fingerprint density at radius 1 is 1.07 bits per heavy atom. The Morgan fingerprint density at radius 2 is 1.82 bits per heavy atom. The van der Waals surface area contributed by atoms with E-state index in [2.05, 4.69) is 20.8 Å². The van der Waals surface area contributed by atoms with E-state index < -0.39 is 0 Å². The van der Waals surface area contributed by atoms with Crippen molar-refractivity contribution in [3.8, 4) is 5.75 Å². The zero-order valence-corrected chi connectivity index (χ0v) is 16.5. The van der Waals surface area contributed by atoms with E-state index in [1.807, 2.05) is 0 Å². The van der Waals surface area contributed by atoms with Crippen molar-refractivity contribution in [3.05, 3.63) is 69.7 Å². The fraction of sp³-hybridized carbons (Fsp3) is 0.158. The summed E-state index contributed by atoms with van der Waals surface area (Å²) in [7, 11) is 1.55. The first-order chi connectivity index (χ1) is 13.5. The number of aromatic nitrogens is 2. The maximum absolute atomic E-state index is 12.2. The van der Waals surface area contributed by atoms with Crippen molar-refractivity contribution in [2.45, 2.75) is 6.42 Å². The number of nitrogens with one attached hydrogen (secondary N) is 2. The third kappa shape index (κ3) is 5.28. The highest BCUT2D eigenvalue weighted by Gasteiger charge is 2.11. The number of methoxy groups -OCH3 is 1. The summed E-state index contributed by atoms with van der Waals surface area (Å²) in [5.74, 6) is 0.117. The van der Waals surface area contributed by atoms with Crippen molar-refractivity contribution in [1.82, 2.24) is 15.5 Å². The number of anilines is 1. The van der Waals surface area contributed by atoms with Crippen LogP contribution in [-0.4, -0.2) is 35.7 Å². The lowest BCUT2D eigenvalue weighted by molar-refractivity contribution is 0.0953. The maximum Gasteiger partial charge on any atom is 0.257 e. The predicted octanol–water partition coefficient (Wildman–Crippen LogP) is 3.42. The Labute approximate surface area is 170 Å². The molecular formula is C19H17ClN4O3S. The fourth-order valence-electron chi connectivity index (χ4n) is 2.35. The maximum atomic E-state index is 12.2. The van der Waals surface area contributed by atoms with Gasteiger partial charge in [-0.3, -0.25) is 14.9 Å². The van der Waals surface area contributed by atoms with Gasteiger partial charge in [0.2, 0.25) is 5.13 Å². The molecule has 0 aliphatic heterocycles. The summed E-state index contributed by atoms with van der Waals surface area (Å²) in [6.45, 7) is 0.396. The van der Waals surface area contributed by atoms with E-state index in [9.17, 15) is 9.59 Å². The number of amides is 2. The van der Waals surface area contributed by atoms with E-state index in [4.69, 9.17) is 16.3 Å². The zero-order valence-electron chi connectivity index (χ0n) is 14.9. The van der Waals surface area contributed by atoms with Crippen LogP contribution in [-0.2, 0) is 6.42 Å². The highest BCUT2D eigenvalue weighted by molar-refractivity contribution is 7.15. The SMILES string of the molecule is COc1cccc(C(=O)NCCc2nnc(NC(=O)c3cccc(Cl)c3)s2)c1. The normalized spacial score (nSPS) is 10.4. The molecule has 2 N–H and O–H groups in total. The molecule has 2 aromatic carbocycles. The summed E-state index contributed by atoms with van der Waals surface area (Å²) >= 11 is 7.15. The minimum absolute atomic E-state index is 0.196. The average molecular weight is 417 g/mol. The van der Waals surface area contributed by atoms with Crippen LogP contribution in [0.15, 0.2) is 48.5 Å². The lowest BCUT2D eigenvalue weighted by Gasteiger charge is -2.05. The summed E-state index contributed by atoms with van der Waals surface area (Å²) in [6, 6.07) is 13.6. The summed E-state index contributed by atoms with van der Waals surface area (Å²) in [6.07, 6.45) is 0.500. The molecule has 7 nitrogen and oxygen atoms in total. The Kier molecular flexibility index (Phi) is 6.57. The smallest absolute Gasteiger partial charge is 0.257 e. The molecule has 2 amide bonds. The number of hydrogen-bond donors (Lipinski definition) is 2. The minimum atomic E-state index is -0.309. The molecule has 144 valence electrons. The van der Waals surface area contributed by atoms with Crippen LogP contribution in [0.25, 0.3) is 0 Å². The Balaban J connectivity index is 1.50. The molecule has 0 fully saturated rings. The molecule has 0 aliphatic carbocycles. The van der Waals surface area contributed by atoms with Crippen LogP contribution in [0.5, 0.6) is 5.75 Å². The topological polar surface area (TPSA) is 93.2 Å². The van der Waals surface area contributed by atoms with Crippen molar-refractivity contribution in [3.63, 3.8) is 0 Å². The summed E-state index contributed by atoms with van der Waals surface area (Å²) in [5.41, 5.74) is 0.959. The van der Waals surface area contributed by atoms with Crippen LogP contribution in [0.1, 0.15) is 25.7 Å². The largest absolute Gasteiger partial charge is 0.497 e. The van der Waals surface area contributed by atoms with Gasteiger partial charge in [-0.05, 0) is 36.4 Å². The molecule has 0 saturated heterocycles. The molecule has 3 aromatic rings. The van der Waals surface area contributed by atoms with E-state index in [0.717, 1.165) is 0 Å². The molecule has 0 aliphatic rings. The summed E-state index contributed by atoms with van der Waals surface area (Å²) < 4.78 is 5.11. The molecule has 1 aromatic heterocycles. The second-order valence-corrected chi connectivity index (χ2v) is 7.20. The number of carbonyl (C=O) groups excluding carboxylic acids is 2. The van der Waals surface area contributed by atoms with Gasteiger partial charge in [-0.25, -0.2) is 0 Å².